The minimum absolute atomic E-state index is 0.202. The quantitative estimate of drug-likeness (QED) is 0.728. The van der Waals surface area contributed by atoms with Crippen LogP contribution in [-0.4, -0.2) is 65.7 Å². The molecule has 0 radical (unpaired) electrons. The highest BCUT2D eigenvalue weighted by molar-refractivity contribution is 6.12. The average molecular weight is 423 g/mol. The van der Waals surface area contributed by atoms with Gasteiger partial charge in [-0.15, -0.1) is 0 Å². The van der Waals surface area contributed by atoms with Crippen LogP contribution in [0.3, 0.4) is 0 Å². The summed E-state index contributed by atoms with van der Waals surface area (Å²) in [7, 11) is 4.84. The number of amides is 2. The molecule has 2 amide bonds. The fourth-order valence-electron chi connectivity index (χ4n) is 3.88. The molecule has 31 heavy (non-hydrogen) atoms. The molecule has 1 fully saturated rings. The first-order chi connectivity index (χ1) is 15.0. The number of urea groups is 1. The fourth-order valence-corrected chi connectivity index (χ4v) is 3.88. The van der Waals surface area contributed by atoms with Gasteiger partial charge in [0.2, 0.25) is 6.29 Å². The van der Waals surface area contributed by atoms with Crippen molar-refractivity contribution in [1.82, 2.24) is 19.9 Å². The van der Waals surface area contributed by atoms with Gasteiger partial charge in [0, 0.05) is 7.05 Å². The normalized spacial score (nSPS) is 19.8. The van der Waals surface area contributed by atoms with E-state index < -0.39 is 6.29 Å². The van der Waals surface area contributed by atoms with Gasteiger partial charge in [0.25, 0.3) is 0 Å². The molecule has 3 aliphatic heterocycles. The summed E-state index contributed by atoms with van der Waals surface area (Å²) in [5, 5.41) is 4.62. The Bertz CT molecular complexity index is 1120. The minimum atomic E-state index is -0.603. The minimum Gasteiger partial charge on any atom is -0.493 e. The predicted molar refractivity (Wildman–Crippen MR) is 111 cm³/mol. The van der Waals surface area contributed by atoms with Crippen LogP contribution in [0.25, 0.3) is 5.70 Å². The number of carbonyl (C=O) groups excluding carboxylic acids is 1. The number of hydrogen-bond donors (Lipinski definition) is 1. The highest BCUT2D eigenvalue weighted by Crippen LogP contribution is 2.39. The molecule has 1 aromatic heterocycles. The number of benzene rings is 1. The maximum Gasteiger partial charge on any atom is 0.342 e. The van der Waals surface area contributed by atoms with Crippen LogP contribution >= 0.6 is 0 Å². The number of nitrogens with zero attached hydrogens (tertiary/aromatic N) is 6. The second-order valence-electron chi connectivity index (χ2n) is 7.09. The lowest BCUT2D eigenvalue weighted by Crippen LogP contribution is -2.44. The highest BCUT2D eigenvalue weighted by atomic mass is 16.5. The molecule has 0 saturated carbocycles. The lowest BCUT2D eigenvalue weighted by molar-refractivity contribution is 0.0853. The molecule has 2 aromatic rings. The zero-order valence-electron chi connectivity index (χ0n) is 17.2. The molecule has 11 heteroatoms. The summed E-state index contributed by atoms with van der Waals surface area (Å²) >= 11 is 0. The van der Waals surface area contributed by atoms with Crippen molar-refractivity contribution in [3.8, 4) is 11.5 Å². The Kier molecular flexibility index (Phi) is 4.33. The van der Waals surface area contributed by atoms with Crippen molar-refractivity contribution in [2.75, 3.05) is 21.3 Å². The molecule has 5 rings (SSSR count). The number of amidine groups is 1. The predicted octanol–water partition coefficient (Wildman–Crippen LogP) is 1.66. The van der Waals surface area contributed by atoms with Crippen molar-refractivity contribution < 1.29 is 18.7 Å². The molecule has 4 heterocycles. The SMILES string of the molecule is COc1ccc(CN2C(=O)N(C)N3C4=C(c5ccco5)N=CN(N)C4=NC23)cc1OC. The Labute approximate surface area is 178 Å². The third kappa shape index (κ3) is 2.81. The summed E-state index contributed by atoms with van der Waals surface area (Å²) < 4.78 is 16.2. The van der Waals surface area contributed by atoms with Gasteiger partial charge in [0.15, 0.2) is 23.1 Å². The second-order valence-corrected chi connectivity index (χ2v) is 7.09. The Balaban J connectivity index is 1.53. The third-order valence-electron chi connectivity index (χ3n) is 5.36. The molecule has 160 valence electrons. The monoisotopic (exact) mass is 423 g/mol. The molecule has 1 saturated heterocycles. The van der Waals surface area contributed by atoms with Crippen molar-refractivity contribution >= 4 is 23.9 Å². The Morgan fingerprint density at radius 3 is 2.71 bits per heavy atom. The van der Waals surface area contributed by atoms with Gasteiger partial charge in [-0.1, -0.05) is 6.07 Å². The summed E-state index contributed by atoms with van der Waals surface area (Å²) in [4.78, 5) is 23.9. The molecular weight excluding hydrogens is 402 g/mol. The molecule has 11 nitrogen and oxygen atoms in total. The first-order valence-electron chi connectivity index (χ1n) is 9.52. The van der Waals surface area contributed by atoms with Crippen LogP contribution in [0.1, 0.15) is 11.3 Å². The lowest BCUT2D eigenvalue weighted by Gasteiger charge is -2.28. The number of rotatable bonds is 5. The number of nitrogens with two attached hydrogens (primary N) is 1. The van der Waals surface area contributed by atoms with Gasteiger partial charge in [0.1, 0.15) is 17.7 Å². The topological polar surface area (TPSA) is 112 Å². The summed E-state index contributed by atoms with van der Waals surface area (Å²) in [6.45, 7) is 0.316. The molecular formula is C20H21N7O4. The van der Waals surface area contributed by atoms with Crippen LogP contribution in [0, 0.1) is 0 Å². The van der Waals surface area contributed by atoms with Gasteiger partial charge in [-0.25, -0.2) is 35.6 Å². The van der Waals surface area contributed by atoms with Crippen LogP contribution in [0.5, 0.6) is 11.5 Å². The number of aliphatic imine (C=N–C) groups is 2. The summed E-state index contributed by atoms with van der Waals surface area (Å²) in [5.74, 6) is 8.37. The van der Waals surface area contributed by atoms with E-state index in [1.807, 2.05) is 18.2 Å². The fraction of sp³-hybridized carbons (Fsp3) is 0.250. The number of carbonyl (C=O) groups is 1. The number of methoxy groups -OCH3 is 2. The number of fused-ring (bicyclic) bond motifs is 3. The number of hydrazine groups is 2. The van der Waals surface area contributed by atoms with Crippen LogP contribution < -0.4 is 15.3 Å². The van der Waals surface area contributed by atoms with E-state index in [1.54, 1.807) is 49.6 Å². The maximum absolute atomic E-state index is 13.1. The zero-order chi connectivity index (χ0) is 21.7. The Morgan fingerprint density at radius 1 is 1.19 bits per heavy atom. The van der Waals surface area contributed by atoms with E-state index in [-0.39, 0.29) is 6.03 Å². The third-order valence-corrected chi connectivity index (χ3v) is 5.36. The summed E-state index contributed by atoms with van der Waals surface area (Å²) in [5.41, 5.74) is 2.04. The van der Waals surface area contributed by atoms with Gasteiger partial charge in [-0.2, -0.15) is 0 Å². The first-order valence-corrected chi connectivity index (χ1v) is 9.52. The molecule has 0 bridgehead atoms. The maximum atomic E-state index is 13.1. The second kappa shape index (κ2) is 7.06. The largest absolute Gasteiger partial charge is 0.493 e. The van der Waals surface area contributed by atoms with Crippen LogP contribution in [0.4, 0.5) is 4.79 Å². The highest BCUT2D eigenvalue weighted by Gasteiger charge is 2.51. The van der Waals surface area contributed by atoms with Crippen molar-refractivity contribution in [3.05, 3.63) is 53.6 Å². The molecule has 1 unspecified atom stereocenters. The number of hydrogen-bond acceptors (Lipinski definition) is 9. The lowest BCUT2D eigenvalue weighted by atomic mass is 10.2. The molecule has 1 aromatic carbocycles. The summed E-state index contributed by atoms with van der Waals surface area (Å²) in [6.07, 6.45) is 2.44. The van der Waals surface area contributed by atoms with Crippen molar-refractivity contribution in [1.29, 1.82) is 0 Å². The zero-order valence-corrected chi connectivity index (χ0v) is 17.2. The molecule has 3 aliphatic rings. The van der Waals surface area contributed by atoms with Gasteiger partial charge in [-0.3, -0.25) is 4.90 Å². The standard InChI is InChI=1S/C20H21N7O4/c1-24-20(28)25(10-12-6-7-13(29-2)15(9-12)30-3)19-23-18-17(27(19)24)16(22-11-26(18)21)14-5-4-8-31-14/h4-9,11,19H,10,21H2,1-3H3. The Hall–Kier alpha value is -3.99. The van der Waals surface area contributed by atoms with Gasteiger partial charge in [-0.05, 0) is 29.8 Å². The van der Waals surface area contributed by atoms with Crippen molar-refractivity contribution in [2.24, 2.45) is 15.8 Å². The molecule has 2 N–H and O–H groups in total. The van der Waals surface area contributed by atoms with Crippen LogP contribution in [0.15, 0.2) is 56.7 Å². The van der Waals surface area contributed by atoms with E-state index in [9.17, 15) is 4.79 Å². The van der Waals surface area contributed by atoms with Gasteiger partial charge >= 0.3 is 6.03 Å². The number of furan rings is 1. The van der Waals surface area contributed by atoms with E-state index >= 15 is 0 Å². The van der Waals surface area contributed by atoms with E-state index in [0.717, 1.165) is 5.56 Å². The molecule has 0 spiro atoms. The average Bonchev–Trinajstić information content (AvgIpc) is 3.49. The molecule has 0 aliphatic carbocycles. The van der Waals surface area contributed by atoms with Gasteiger partial charge < -0.3 is 13.9 Å². The Morgan fingerprint density at radius 2 is 2.00 bits per heavy atom. The smallest absolute Gasteiger partial charge is 0.342 e. The summed E-state index contributed by atoms with van der Waals surface area (Å²) in [6, 6.07) is 8.92. The van der Waals surface area contributed by atoms with Crippen LogP contribution in [-0.2, 0) is 6.54 Å². The first kappa shape index (κ1) is 19.0. The van der Waals surface area contributed by atoms with Crippen molar-refractivity contribution in [2.45, 2.75) is 12.8 Å². The van der Waals surface area contributed by atoms with Crippen molar-refractivity contribution in [3.63, 3.8) is 0 Å². The van der Waals surface area contributed by atoms with E-state index in [1.165, 1.54) is 16.4 Å². The van der Waals surface area contributed by atoms with Gasteiger partial charge in [0.05, 0.1) is 27.0 Å². The number of ether oxygens (including phenoxy) is 2. The van der Waals surface area contributed by atoms with E-state index in [0.29, 0.717) is 41.0 Å². The molecule has 1 atom stereocenters. The van der Waals surface area contributed by atoms with E-state index in [2.05, 4.69) is 4.99 Å². The van der Waals surface area contributed by atoms with E-state index in [4.69, 9.17) is 24.7 Å². The van der Waals surface area contributed by atoms with Crippen LogP contribution in [0.2, 0.25) is 0 Å².